The molecule has 11 heteroatoms. The highest BCUT2D eigenvalue weighted by Gasteiger charge is 2.27. The van der Waals surface area contributed by atoms with Gasteiger partial charge < -0.3 is 10.6 Å². The van der Waals surface area contributed by atoms with Crippen LogP contribution in [0.3, 0.4) is 0 Å². The molecule has 2 rings (SSSR count). The van der Waals surface area contributed by atoms with Crippen LogP contribution in [0.15, 0.2) is 35.7 Å². The summed E-state index contributed by atoms with van der Waals surface area (Å²) in [5.74, 6) is -1.22. The lowest BCUT2D eigenvalue weighted by molar-refractivity contribution is -0.136. The lowest BCUT2D eigenvalue weighted by Gasteiger charge is -2.09. The number of benzene rings is 1. The maximum atomic E-state index is 12.1. The first kappa shape index (κ1) is 18.8. The van der Waals surface area contributed by atoms with E-state index in [0.29, 0.717) is 16.5 Å². The van der Waals surface area contributed by atoms with E-state index in [0.717, 1.165) is 11.8 Å². The van der Waals surface area contributed by atoms with Crippen LogP contribution in [-0.2, 0) is 9.59 Å². The van der Waals surface area contributed by atoms with Crippen molar-refractivity contribution in [3.8, 4) is 5.69 Å². The first-order valence-corrected chi connectivity index (χ1v) is 7.97. The molecule has 0 bridgehead atoms. The van der Waals surface area contributed by atoms with Gasteiger partial charge in [0.25, 0.3) is 0 Å². The topological polar surface area (TPSA) is 88.9 Å². The number of thioether (sulfide) groups is 1. The predicted octanol–water partition coefficient (Wildman–Crippen LogP) is 2.00. The van der Waals surface area contributed by atoms with E-state index in [-0.39, 0.29) is 11.7 Å². The molecule has 2 aromatic rings. The van der Waals surface area contributed by atoms with Crippen molar-refractivity contribution in [3.05, 3.63) is 30.6 Å². The van der Waals surface area contributed by atoms with Crippen molar-refractivity contribution >= 4 is 29.3 Å². The number of alkyl halides is 3. The molecule has 134 valence electrons. The van der Waals surface area contributed by atoms with Crippen molar-refractivity contribution in [2.45, 2.75) is 18.3 Å². The molecular formula is C14H14F3N5O2S. The average molecular weight is 373 g/mol. The molecule has 0 aliphatic heterocycles. The molecule has 2 N–H and O–H groups in total. The Hall–Kier alpha value is -2.56. The third kappa shape index (κ3) is 6.10. The van der Waals surface area contributed by atoms with Crippen LogP contribution in [0.1, 0.15) is 6.92 Å². The molecule has 7 nitrogen and oxygen atoms in total. The fourth-order valence-corrected chi connectivity index (χ4v) is 2.58. The number of nitrogens with one attached hydrogen (secondary N) is 2. The Labute approximate surface area is 145 Å². The van der Waals surface area contributed by atoms with Crippen LogP contribution in [0.2, 0.25) is 0 Å². The summed E-state index contributed by atoms with van der Waals surface area (Å²) in [5.41, 5.74) is 1.20. The third-order valence-electron chi connectivity index (χ3n) is 2.78. The molecule has 0 spiro atoms. The van der Waals surface area contributed by atoms with Gasteiger partial charge in [-0.2, -0.15) is 13.2 Å². The smallest absolute Gasteiger partial charge is 0.346 e. The van der Waals surface area contributed by atoms with E-state index in [1.807, 2.05) is 0 Å². The zero-order chi connectivity index (χ0) is 18.4. The van der Waals surface area contributed by atoms with Crippen molar-refractivity contribution in [1.82, 2.24) is 20.1 Å². The van der Waals surface area contributed by atoms with Gasteiger partial charge in [-0.05, 0) is 18.2 Å². The Kier molecular flexibility index (Phi) is 6.02. The highest BCUT2D eigenvalue weighted by Crippen LogP contribution is 2.21. The lowest BCUT2D eigenvalue weighted by atomic mass is 10.2. The summed E-state index contributed by atoms with van der Waals surface area (Å²) >= 11 is 0.950. The van der Waals surface area contributed by atoms with Crippen molar-refractivity contribution < 1.29 is 22.8 Å². The Balaban J connectivity index is 2.03. The van der Waals surface area contributed by atoms with E-state index < -0.39 is 18.6 Å². The zero-order valence-electron chi connectivity index (χ0n) is 13.0. The van der Waals surface area contributed by atoms with Gasteiger partial charge in [0, 0.05) is 12.6 Å². The highest BCUT2D eigenvalue weighted by molar-refractivity contribution is 7.99. The Morgan fingerprint density at radius 2 is 2.08 bits per heavy atom. The summed E-state index contributed by atoms with van der Waals surface area (Å²) in [6, 6.07) is 6.83. The van der Waals surface area contributed by atoms with Gasteiger partial charge in [-0.15, -0.1) is 10.2 Å². The average Bonchev–Trinajstić information content (AvgIpc) is 2.98. The molecule has 0 aliphatic rings. The molecule has 0 unspecified atom stereocenters. The van der Waals surface area contributed by atoms with Crippen LogP contribution in [-0.4, -0.2) is 45.1 Å². The minimum atomic E-state index is -4.45. The number of halogens is 3. The molecular weight excluding hydrogens is 359 g/mol. The summed E-state index contributed by atoms with van der Waals surface area (Å²) in [7, 11) is 0. The number of nitrogens with zero attached hydrogens (tertiary/aromatic N) is 3. The molecule has 1 aromatic heterocycles. The van der Waals surface area contributed by atoms with Gasteiger partial charge in [0.2, 0.25) is 11.8 Å². The van der Waals surface area contributed by atoms with Gasteiger partial charge in [0.15, 0.2) is 5.16 Å². The van der Waals surface area contributed by atoms with Crippen molar-refractivity contribution in [2.75, 3.05) is 17.6 Å². The number of amides is 2. The maximum absolute atomic E-state index is 12.1. The van der Waals surface area contributed by atoms with Crippen LogP contribution in [0, 0.1) is 0 Å². The van der Waals surface area contributed by atoms with E-state index in [1.165, 1.54) is 13.3 Å². The molecule has 0 radical (unpaired) electrons. The van der Waals surface area contributed by atoms with Crippen LogP contribution in [0.25, 0.3) is 5.69 Å². The summed E-state index contributed by atoms with van der Waals surface area (Å²) in [6.07, 6.45) is -3.05. The number of anilines is 1. The van der Waals surface area contributed by atoms with Gasteiger partial charge in [-0.25, -0.2) is 0 Å². The Morgan fingerprint density at radius 1 is 1.32 bits per heavy atom. The fraction of sp³-hybridized carbons (Fsp3) is 0.286. The van der Waals surface area contributed by atoms with Crippen molar-refractivity contribution in [2.24, 2.45) is 0 Å². The minimum absolute atomic E-state index is 0.225. The van der Waals surface area contributed by atoms with E-state index in [4.69, 9.17) is 0 Å². The third-order valence-corrected chi connectivity index (χ3v) is 3.72. The second-order valence-electron chi connectivity index (χ2n) is 4.90. The first-order chi connectivity index (χ1) is 11.7. The summed E-state index contributed by atoms with van der Waals surface area (Å²) < 4.78 is 37.8. The number of rotatable bonds is 6. The molecule has 25 heavy (non-hydrogen) atoms. The number of aromatic nitrogens is 3. The van der Waals surface area contributed by atoms with E-state index in [9.17, 15) is 22.8 Å². The van der Waals surface area contributed by atoms with Gasteiger partial charge in [-0.1, -0.05) is 17.8 Å². The second kappa shape index (κ2) is 8.01. The van der Waals surface area contributed by atoms with Gasteiger partial charge in [0.1, 0.15) is 12.9 Å². The van der Waals surface area contributed by atoms with Gasteiger partial charge in [-0.3, -0.25) is 14.2 Å². The molecule has 0 saturated heterocycles. The largest absolute Gasteiger partial charge is 0.405 e. The van der Waals surface area contributed by atoms with Gasteiger partial charge in [0.05, 0.1) is 11.4 Å². The molecule has 1 heterocycles. The molecule has 1 aromatic carbocycles. The van der Waals surface area contributed by atoms with Gasteiger partial charge >= 0.3 is 6.18 Å². The summed E-state index contributed by atoms with van der Waals surface area (Å²) in [6.45, 7) is 0.00410. The monoisotopic (exact) mass is 373 g/mol. The normalized spacial score (nSPS) is 11.2. The number of carbonyl (C=O) groups is 2. The zero-order valence-corrected chi connectivity index (χ0v) is 13.8. The standard InChI is InChI=1S/C14H14F3N5O2S/c1-9(23)20-10-3-2-4-11(5-10)22-8-19-21-13(22)25-6-12(24)18-7-14(15,16)17/h2-5,8H,6-7H2,1H3,(H,18,24)(H,20,23). The number of carbonyl (C=O) groups excluding carboxylic acids is 2. The summed E-state index contributed by atoms with van der Waals surface area (Å²) in [5, 5.41) is 12.4. The SMILES string of the molecule is CC(=O)Nc1cccc(-n2cnnc2SCC(=O)NCC(F)(F)F)c1. The molecule has 0 aliphatic carbocycles. The van der Waals surface area contributed by atoms with Crippen LogP contribution >= 0.6 is 11.8 Å². The molecule has 2 amide bonds. The predicted molar refractivity (Wildman–Crippen MR) is 85.5 cm³/mol. The molecule has 0 fully saturated rings. The molecule has 0 atom stereocenters. The van der Waals surface area contributed by atoms with Crippen LogP contribution in [0.4, 0.5) is 18.9 Å². The lowest BCUT2D eigenvalue weighted by Crippen LogP contribution is -2.34. The van der Waals surface area contributed by atoms with Crippen LogP contribution < -0.4 is 10.6 Å². The van der Waals surface area contributed by atoms with E-state index in [1.54, 1.807) is 34.1 Å². The maximum Gasteiger partial charge on any atom is 0.405 e. The molecule has 0 saturated carbocycles. The number of hydrogen-bond acceptors (Lipinski definition) is 5. The van der Waals surface area contributed by atoms with E-state index in [2.05, 4.69) is 15.5 Å². The Bertz CT molecular complexity index is 763. The fourth-order valence-electron chi connectivity index (χ4n) is 1.82. The van der Waals surface area contributed by atoms with E-state index >= 15 is 0 Å². The minimum Gasteiger partial charge on any atom is -0.346 e. The Morgan fingerprint density at radius 3 is 2.76 bits per heavy atom. The van der Waals surface area contributed by atoms with Crippen LogP contribution in [0.5, 0.6) is 0 Å². The van der Waals surface area contributed by atoms with Crippen molar-refractivity contribution in [3.63, 3.8) is 0 Å². The first-order valence-electron chi connectivity index (χ1n) is 6.99. The number of hydrogen-bond donors (Lipinski definition) is 2. The highest BCUT2D eigenvalue weighted by atomic mass is 32.2. The quantitative estimate of drug-likeness (QED) is 0.756. The van der Waals surface area contributed by atoms with Crippen molar-refractivity contribution in [1.29, 1.82) is 0 Å². The second-order valence-corrected chi connectivity index (χ2v) is 5.84. The summed E-state index contributed by atoms with van der Waals surface area (Å²) in [4.78, 5) is 22.6.